The van der Waals surface area contributed by atoms with Crippen molar-refractivity contribution in [1.82, 2.24) is 10.3 Å². The Balaban J connectivity index is 2.57. The first-order chi connectivity index (χ1) is 7.78. The molecule has 0 aliphatic rings. The smallest absolute Gasteiger partial charge is 0.349 e. The number of amides is 1. The second-order valence-corrected chi connectivity index (χ2v) is 4.38. The lowest BCUT2D eigenvalue weighted by atomic mass is 10.2. The molecule has 0 saturated heterocycles. The molecule has 1 atom stereocenters. The molecule has 1 unspecified atom stereocenters. The number of aromatic nitrogens is 1. The molecule has 0 radical (unpaired) electrons. The van der Waals surface area contributed by atoms with Crippen LogP contribution in [0.2, 0.25) is 0 Å². The Morgan fingerprint density at radius 2 is 2.18 bits per heavy atom. The number of carbonyl (C=O) groups is 1. The number of rotatable bonds is 3. The van der Waals surface area contributed by atoms with Gasteiger partial charge in [0.2, 0.25) is 0 Å². The van der Waals surface area contributed by atoms with E-state index >= 15 is 0 Å². The number of alkyl halides is 3. The summed E-state index contributed by atoms with van der Waals surface area (Å²) < 4.78 is 36.7. The SMILES string of the molecule is CC(CC(F)(F)F)NC(=O)c1ccc(Br)nc1. The molecular weight excluding hydrogens is 301 g/mol. The summed E-state index contributed by atoms with van der Waals surface area (Å²) in [5.41, 5.74) is 0.224. The maximum absolute atomic E-state index is 12.0. The van der Waals surface area contributed by atoms with Gasteiger partial charge in [0.1, 0.15) is 4.60 Å². The van der Waals surface area contributed by atoms with Gasteiger partial charge < -0.3 is 5.32 Å². The van der Waals surface area contributed by atoms with Crippen molar-refractivity contribution in [1.29, 1.82) is 0 Å². The van der Waals surface area contributed by atoms with Crippen LogP contribution in [0.4, 0.5) is 13.2 Å². The summed E-state index contributed by atoms with van der Waals surface area (Å²) in [6, 6.07) is 2.06. The molecule has 1 N–H and O–H groups in total. The summed E-state index contributed by atoms with van der Waals surface area (Å²) in [5, 5.41) is 2.26. The Kier molecular flexibility index (Phi) is 4.50. The minimum absolute atomic E-state index is 0.224. The summed E-state index contributed by atoms with van der Waals surface area (Å²) in [7, 11) is 0. The number of carbonyl (C=O) groups excluding carboxylic acids is 1. The molecule has 1 rings (SSSR count). The molecule has 94 valence electrons. The van der Waals surface area contributed by atoms with Gasteiger partial charge in [-0.2, -0.15) is 13.2 Å². The highest BCUT2D eigenvalue weighted by Crippen LogP contribution is 2.21. The van der Waals surface area contributed by atoms with Crippen molar-refractivity contribution in [2.24, 2.45) is 0 Å². The van der Waals surface area contributed by atoms with Crippen molar-refractivity contribution >= 4 is 21.8 Å². The van der Waals surface area contributed by atoms with Crippen LogP contribution in [-0.2, 0) is 0 Å². The van der Waals surface area contributed by atoms with E-state index in [1.807, 2.05) is 0 Å². The first-order valence-electron chi connectivity index (χ1n) is 4.77. The highest BCUT2D eigenvalue weighted by molar-refractivity contribution is 9.10. The fraction of sp³-hybridized carbons (Fsp3) is 0.400. The van der Waals surface area contributed by atoms with Crippen LogP contribution in [0.15, 0.2) is 22.9 Å². The Hall–Kier alpha value is -1.11. The average Bonchev–Trinajstić information content (AvgIpc) is 2.15. The normalized spacial score (nSPS) is 13.2. The van der Waals surface area contributed by atoms with E-state index in [1.54, 1.807) is 6.07 Å². The molecule has 0 aliphatic heterocycles. The standard InChI is InChI=1S/C10H10BrF3N2O/c1-6(4-10(12,13)14)16-9(17)7-2-3-8(11)15-5-7/h2-3,5-6H,4H2,1H3,(H,16,17). The number of nitrogens with one attached hydrogen (secondary N) is 1. The predicted octanol–water partition coefficient (Wildman–Crippen LogP) is 2.91. The van der Waals surface area contributed by atoms with E-state index < -0.39 is 24.5 Å². The number of halogens is 4. The number of hydrogen-bond acceptors (Lipinski definition) is 2. The van der Waals surface area contributed by atoms with E-state index in [4.69, 9.17) is 0 Å². The van der Waals surface area contributed by atoms with E-state index in [0.29, 0.717) is 4.60 Å². The topological polar surface area (TPSA) is 42.0 Å². The van der Waals surface area contributed by atoms with Crippen LogP contribution in [-0.4, -0.2) is 23.1 Å². The summed E-state index contributed by atoms with van der Waals surface area (Å²) in [5.74, 6) is -0.568. The second kappa shape index (κ2) is 5.48. The Morgan fingerprint density at radius 3 is 2.65 bits per heavy atom. The van der Waals surface area contributed by atoms with Gasteiger partial charge in [-0.1, -0.05) is 0 Å². The number of pyridine rings is 1. The second-order valence-electron chi connectivity index (χ2n) is 3.56. The molecule has 1 heterocycles. The minimum atomic E-state index is -4.29. The molecule has 3 nitrogen and oxygen atoms in total. The molecule has 0 spiro atoms. The van der Waals surface area contributed by atoms with E-state index in [0.717, 1.165) is 0 Å². The maximum Gasteiger partial charge on any atom is 0.391 e. The van der Waals surface area contributed by atoms with E-state index in [2.05, 4.69) is 26.2 Å². The highest BCUT2D eigenvalue weighted by atomic mass is 79.9. The predicted molar refractivity (Wildman–Crippen MR) is 59.5 cm³/mol. The van der Waals surface area contributed by atoms with Crippen molar-refractivity contribution in [3.8, 4) is 0 Å². The first kappa shape index (κ1) is 14.0. The van der Waals surface area contributed by atoms with Gasteiger partial charge >= 0.3 is 6.18 Å². The monoisotopic (exact) mass is 310 g/mol. The summed E-state index contributed by atoms with van der Waals surface area (Å²) in [6.45, 7) is 1.30. The van der Waals surface area contributed by atoms with Crippen LogP contribution in [0.3, 0.4) is 0 Å². The molecule has 1 aromatic rings. The molecule has 0 aromatic carbocycles. The van der Waals surface area contributed by atoms with Gasteiger partial charge in [0.05, 0.1) is 12.0 Å². The summed E-state index contributed by atoms with van der Waals surface area (Å²) in [6.07, 6.45) is -4.05. The molecule has 0 saturated carbocycles. The van der Waals surface area contributed by atoms with Gasteiger partial charge in [-0.05, 0) is 35.0 Å². The van der Waals surface area contributed by atoms with Crippen molar-refractivity contribution in [2.75, 3.05) is 0 Å². The zero-order valence-electron chi connectivity index (χ0n) is 8.88. The molecule has 0 bridgehead atoms. The van der Waals surface area contributed by atoms with Crippen molar-refractivity contribution in [3.63, 3.8) is 0 Å². The average molecular weight is 311 g/mol. The lowest BCUT2D eigenvalue weighted by Gasteiger charge is -2.15. The van der Waals surface area contributed by atoms with Crippen molar-refractivity contribution < 1.29 is 18.0 Å². The lowest BCUT2D eigenvalue weighted by molar-refractivity contribution is -0.138. The van der Waals surface area contributed by atoms with Crippen molar-refractivity contribution in [2.45, 2.75) is 25.6 Å². The summed E-state index contributed by atoms with van der Waals surface area (Å²) >= 11 is 3.09. The third-order valence-electron chi connectivity index (χ3n) is 1.90. The third kappa shape index (κ3) is 5.16. The molecule has 17 heavy (non-hydrogen) atoms. The molecule has 0 aliphatic carbocycles. The lowest BCUT2D eigenvalue weighted by Crippen LogP contribution is -2.35. The molecule has 1 aromatic heterocycles. The Bertz CT molecular complexity index is 392. The van der Waals surface area contributed by atoms with Crippen LogP contribution in [0, 0.1) is 0 Å². The number of nitrogens with zero attached hydrogens (tertiary/aromatic N) is 1. The fourth-order valence-corrected chi connectivity index (χ4v) is 1.45. The molecule has 1 amide bonds. The number of hydrogen-bond donors (Lipinski definition) is 1. The van der Waals surface area contributed by atoms with Crippen LogP contribution in [0.1, 0.15) is 23.7 Å². The third-order valence-corrected chi connectivity index (χ3v) is 2.37. The fourth-order valence-electron chi connectivity index (χ4n) is 1.22. The maximum atomic E-state index is 12.0. The first-order valence-corrected chi connectivity index (χ1v) is 5.56. The highest BCUT2D eigenvalue weighted by Gasteiger charge is 2.30. The van der Waals surface area contributed by atoms with Gasteiger partial charge in [-0.15, -0.1) is 0 Å². The summed E-state index contributed by atoms with van der Waals surface area (Å²) in [4.78, 5) is 15.3. The van der Waals surface area contributed by atoms with Gasteiger partial charge in [-0.3, -0.25) is 4.79 Å². The van der Waals surface area contributed by atoms with E-state index in [-0.39, 0.29) is 5.56 Å². The van der Waals surface area contributed by atoms with Crippen LogP contribution < -0.4 is 5.32 Å². The van der Waals surface area contributed by atoms with Crippen molar-refractivity contribution in [3.05, 3.63) is 28.5 Å². The van der Waals surface area contributed by atoms with Gasteiger partial charge in [0.15, 0.2) is 0 Å². The molecular formula is C10H10BrF3N2O. The van der Waals surface area contributed by atoms with Gasteiger partial charge in [0.25, 0.3) is 5.91 Å². The zero-order chi connectivity index (χ0) is 13.1. The molecule has 7 heteroatoms. The van der Waals surface area contributed by atoms with Crippen LogP contribution in [0.25, 0.3) is 0 Å². The quantitative estimate of drug-likeness (QED) is 0.872. The van der Waals surface area contributed by atoms with Gasteiger partial charge in [-0.25, -0.2) is 4.98 Å². The van der Waals surface area contributed by atoms with E-state index in [1.165, 1.54) is 19.2 Å². The van der Waals surface area contributed by atoms with Gasteiger partial charge in [0, 0.05) is 12.2 Å². The molecule has 0 fully saturated rings. The van der Waals surface area contributed by atoms with E-state index in [9.17, 15) is 18.0 Å². The minimum Gasteiger partial charge on any atom is -0.349 e. The Morgan fingerprint density at radius 1 is 1.53 bits per heavy atom. The largest absolute Gasteiger partial charge is 0.391 e. The van der Waals surface area contributed by atoms with Crippen LogP contribution >= 0.6 is 15.9 Å². The Labute approximate surface area is 105 Å². The zero-order valence-corrected chi connectivity index (χ0v) is 10.5. The van der Waals surface area contributed by atoms with Crippen LogP contribution in [0.5, 0.6) is 0 Å².